The monoisotopic (exact) mass is 419 g/mol. The maximum Gasteiger partial charge on any atom is 0.119 e. The lowest BCUT2D eigenvalue weighted by Crippen LogP contribution is -2.54. The molecule has 2 heterocycles. The molecule has 170 valence electrons. The predicted molar refractivity (Wildman–Crippen MR) is 121 cm³/mol. The number of hydrogen-bond donors (Lipinski definition) is 2. The Hall–Kier alpha value is -1.18. The zero-order valence-electron chi connectivity index (χ0n) is 18.9. The number of morpholine rings is 1. The first-order valence-electron chi connectivity index (χ1n) is 11.7. The Kier molecular flexibility index (Phi) is 9.40. The van der Waals surface area contributed by atoms with Gasteiger partial charge in [-0.3, -0.25) is 4.90 Å². The number of hydrogen-bond acceptors (Lipinski definition) is 6. The van der Waals surface area contributed by atoms with Crippen LogP contribution >= 0.6 is 0 Å². The van der Waals surface area contributed by atoms with E-state index in [-0.39, 0.29) is 5.54 Å². The third-order valence-corrected chi connectivity index (χ3v) is 6.26. The van der Waals surface area contributed by atoms with Crippen LogP contribution in [0.25, 0.3) is 0 Å². The molecule has 2 fully saturated rings. The summed E-state index contributed by atoms with van der Waals surface area (Å²) >= 11 is 0. The summed E-state index contributed by atoms with van der Waals surface area (Å²) in [5.41, 5.74) is 1.31. The van der Waals surface area contributed by atoms with Gasteiger partial charge in [-0.15, -0.1) is 0 Å². The van der Waals surface area contributed by atoms with Gasteiger partial charge in [0.25, 0.3) is 0 Å². The summed E-state index contributed by atoms with van der Waals surface area (Å²) in [6.45, 7) is 13.2. The average molecular weight is 420 g/mol. The smallest absolute Gasteiger partial charge is 0.119 e. The van der Waals surface area contributed by atoms with Crippen LogP contribution in [0.5, 0.6) is 5.75 Å². The van der Waals surface area contributed by atoms with Gasteiger partial charge >= 0.3 is 0 Å². The van der Waals surface area contributed by atoms with Crippen LogP contribution in [0, 0.1) is 0 Å². The zero-order chi connectivity index (χ0) is 21.2. The van der Waals surface area contributed by atoms with Crippen LogP contribution in [-0.4, -0.2) is 85.6 Å². The van der Waals surface area contributed by atoms with Gasteiger partial charge in [0.1, 0.15) is 18.5 Å². The summed E-state index contributed by atoms with van der Waals surface area (Å²) in [6, 6.07) is 8.20. The molecule has 0 spiro atoms. The summed E-state index contributed by atoms with van der Waals surface area (Å²) in [5.74, 6) is 0.830. The van der Waals surface area contributed by atoms with Crippen LogP contribution in [0.2, 0.25) is 0 Å². The molecule has 1 aromatic carbocycles. The number of likely N-dealkylation sites (tertiary alicyclic amines) is 1. The van der Waals surface area contributed by atoms with Crippen LogP contribution in [0.3, 0.4) is 0 Å². The minimum absolute atomic E-state index is 0.106. The van der Waals surface area contributed by atoms with Gasteiger partial charge in [0.05, 0.1) is 13.2 Å². The van der Waals surface area contributed by atoms with Crippen molar-refractivity contribution in [2.45, 2.75) is 57.7 Å². The number of nitrogens with zero attached hydrogens (tertiary/aromatic N) is 2. The fraction of sp³-hybridized carbons (Fsp3) is 0.750. The molecule has 0 amide bonds. The normalized spacial score (nSPS) is 20.6. The number of aliphatic hydroxyl groups is 1. The van der Waals surface area contributed by atoms with Gasteiger partial charge in [-0.05, 0) is 57.5 Å². The molecule has 0 bridgehead atoms. The summed E-state index contributed by atoms with van der Waals surface area (Å²) in [6.07, 6.45) is 4.66. The molecular weight excluding hydrogens is 378 g/mol. The van der Waals surface area contributed by atoms with Crippen molar-refractivity contribution in [1.29, 1.82) is 0 Å². The van der Waals surface area contributed by atoms with Crippen LogP contribution in [0.1, 0.15) is 45.1 Å². The molecule has 1 atom stereocenters. The van der Waals surface area contributed by atoms with E-state index in [1.54, 1.807) is 0 Å². The van der Waals surface area contributed by atoms with Gasteiger partial charge in [0, 0.05) is 38.3 Å². The summed E-state index contributed by atoms with van der Waals surface area (Å²) in [5, 5.41) is 14.0. The molecule has 0 unspecified atom stereocenters. The lowest BCUT2D eigenvalue weighted by Gasteiger charge is -2.41. The number of benzene rings is 1. The highest BCUT2D eigenvalue weighted by molar-refractivity contribution is 5.28. The molecule has 6 heteroatoms. The SMILES string of the molecule is CC(C)(CNCc1cccc(OC[C@@H](O)CN2CCCCCC2)c1)N1CCOCC1. The fourth-order valence-electron chi connectivity index (χ4n) is 4.40. The predicted octanol–water partition coefficient (Wildman–Crippen LogP) is 2.50. The standard InChI is InChI=1S/C24H41N3O3/c1-24(2,27-12-14-29-15-13-27)20-25-17-21-8-7-9-23(16-21)30-19-22(28)18-26-10-5-3-4-6-11-26/h7-9,16,22,25,28H,3-6,10-15,17-20H2,1-2H3/t22-/m0/s1. The van der Waals surface area contributed by atoms with Crippen LogP contribution in [0.4, 0.5) is 0 Å². The molecule has 3 rings (SSSR count). The molecular formula is C24H41N3O3. The largest absolute Gasteiger partial charge is 0.491 e. The zero-order valence-corrected chi connectivity index (χ0v) is 18.9. The van der Waals surface area contributed by atoms with Gasteiger partial charge in [-0.2, -0.15) is 0 Å². The van der Waals surface area contributed by atoms with Crippen molar-refractivity contribution in [3.63, 3.8) is 0 Å². The van der Waals surface area contributed by atoms with E-state index in [0.29, 0.717) is 13.2 Å². The van der Waals surface area contributed by atoms with Crippen molar-refractivity contribution in [2.75, 3.05) is 59.1 Å². The van der Waals surface area contributed by atoms with E-state index in [2.05, 4.69) is 41.1 Å². The Bertz CT molecular complexity index is 611. The maximum atomic E-state index is 10.4. The lowest BCUT2D eigenvalue weighted by molar-refractivity contribution is -0.00967. The van der Waals surface area contributed by atoms with E-state index in [1.165, 1.54) is 31.2 Å². The summed E-state index contributed by atoms with van der Waals surface area (Å²) in [4.78, 5) is 4.87. The van der Waals surface area contributed by atoms with Crippen molar-refractivity contribution >= 4 is 0 Å². The van der Waals surface area contributed by atoms with Gasteiger partial charge in [0.15, 0.2) is 0 Å². The molecule has 6 nitrogen and oxygen atoms in total. The van der Waals surface area contributed by atoms with E-state index < -0.39 is 6.10 Å². The highest BCUT2D eigenvalue weighted by atomic mass is 16.5. The van der Waals surface area contributed by atoms with Crippen molar-refractivity contribution in [1.82, 2.24) is 15.1 Å². The Balaban J connectivity index is 1.39. The van der Waals surface area contributed by atoms with Crippen molar-refractivity contribution in [3.8, 4) is 5.75 Å². The van der Waals surface area contributed by atoms with E-state index in [0.717, 1.165) is 58.2 Å². The molecule has 2 aliphatic heterocycles. The van der Waals surface area contributed by atoms with E-state index in [4.69, 9.17) is 9.47 Å². The minimum Gasteiger partial charge on any atom is -0.491 e. The van der Waals surface area contributed by atoms with E-state index >= 15 is 0 Å². The molecule has 2 N–H and O–H groups in total. The fourth-order valence-corrected chi connectivity index (χ4v) is 4.40. The molecule has 0 aromatic heterocycles. The Morgan fingerprint density at radius 1 is 1.10 bits per heavy atom. The molecule has 30 heavy (non-hydrogen) atoms. The summed E-state index contributed by atoms with van der Waals surface area (Å²) in [7, 11) is 0. The summed E-state index contributed by atoms with van der Waals surface area (Å²) < 4.78 is 11.4. The van der Waals surface area contributed by atoms with Crippen LogP contribution in [-0.2, 0) is 11.3 Å². The molecule has 2 aliphatic rings. The second kappa shape index (κ2) is 12.0. The minimum atomic E-state index is -0.445. The second-order valence-corrected chi connectivity index (χ2v) is 9.34. The Labute approximate surface area is 182 Å². The second-order valence-electron chi connectivity index (χ2n) is 9.34. The number of ether oxygens (including phenoxy) is 2. The molecule has 1 aromatic rings. The van der Waals surface area contributed by atoms with Crippen LogP contribution < -0.4 is 10.1 Å². The van der Waals surface area contributed by atoms with Gasteiger partial charge in [-0.25, -0.2) is 0 Å². The molecule has 2 saturated heterocycles. The van der Waals surface area contributed by atoms with Crippen LogP contribution in [0.15, 0.2) is 24.3 Å². The molecule has 0 aliphatic carbocycles. The average Bonchev–Trinajstić information content (AvgIpc) is 3.02. The van der Waals surface area contributed by atoms with Gasteiger partial charge in [0.2, 0.25) is 0 Å². The Morgan fingerprint density at radius 3 is 2.57 bits per heavy atom. The molecule has 0 saturated carbocycles. The first kappa shape index (κ1) is 23.5. The molecule has 0 radical (unpaired) electrons. The third kappa shape index (κ3) is 7.82. The van der Waals surface area contributed by atoms with Gasteiger partial charge < -0.3 is 24.8 Å². The Morgan fingerprint density at radius 2 is 1.83 bits per heavy atom. The van der Waals surface area contributed by atoms with E-state index in [9.17, 15) is 5.11 Å². The lowest BCUT2D eigenvalue weighted by atomic mass is 10.0. The quantitative estimate of drug-likeness (QED) is 0.608. The highest BCUT2D eigenvalue weighted by Crippen LogP contribution is 2.17. The number of nitrogens with one attached hydrogen (secondary N) is 1. The van der Waals surface area contributed by atoms with Crippen molar-refractivity contribution in [2.24, 2.45) is 0 Å². The van der Waals surface area contributed by atoms with E-state index in [1.807, 2.05) is 12.1 Å². The topological polar surface area (TPSA) is 57.2 Å². The third-order valence-electron chi connectivity index (χ3n) is 6.26. The first-order chi connectivity index (χ1) is 14.5. The number of β-amino-alcohol motifs (C(OH)–C–C–N with tert-alkyl or cyclic N) is 1. The maximum absolute atomic E-state index is 10.4. The number of aliphatic hydroxyl groups excluding tert-OH is 1. The van der Waals surface area contributed by atoms with Gasteiger partial charge in [-0.1, -0.05) is 25.0 Å². The number of rotatable bonds is 10. The van der Waals surface area contributed by atoms with Crippen molar-refractivity contribution in [3.05, 3.63) is 29.8 Å². The highest BCUT2D eigenvalue weighted by Gasteiger charge is 2.27. The van der Waals surface area contributed by atoms with Crippen molar-refractivity contribution < 1.29 is 14.6 Å². The first-order valence-corrected chi connectivity index (χ1v) is 11.7.